The molecule has 0 radical (unpaired) electrons. The van der Waals surface area contributed by atoms with Gasteiger partial charge in [-0.15, -0.1) is 0 Å². The molecule has 0 atom stereocenters. The van der Waals surface area contributed by atoms with Gasteiger partial charge in [0.2, 0.25) is 0 Å². The van der Waals surface area contributed by atoms with E-state index in [4.69, 9.17) is 13.9 Å². The van der Waals surface area contributed by atoms with E-state index in [9.17, 15) is 4.79 Å². The van der Waals surface area contributed by atoms with Crippen LogP contribution < -0.4 is 14.8 Å². The Kier molecular flexibility index (Phi) is 4.88. The van der Waals surface area contributed by atoms with Gasteiger partial charge in [-0.25, -0.2) is 4.98 Å². The summed E-state index contributed by atoms with van der Waals surface area (Å²) in [6.45, 7) is 2.31. The molecule has 0 spiro atoms. The first-order valence-electron chi connectivity index (χ1n) is 7.97. The first kappa shape index (κ1) is 16.8. The van der Waals surface area contributed by atoms with Crippen LogP contribution in [-0.4, -0.2) is 31.7 Å². The lowest BCUT2D eigenvalue weighted by molar-refractivity contribution is 0.0948. The van der Waals surface area contributed by atoms with Crippen molar-refractivity contribution in [2.45, 2.75) is 13.3 Å². The molecule has 0 aliphatic rings. The lowest BCUT2D eigenvalue weighted by Gasteiger charge is -2.13. The van der Waals surface area contributed by atoms with E-state index < -0.39 is 0 Å². The highest BCUT2D eigenvalue weighted by Crippen LogP contribution is 2.27. The van der Waals surface area contributed by atoms with Crippen molar-refractivity contribution < 1.29 is 18.7 Å². The fourth-order valence-electron chi connectivity index (χ4n) is 2.73. The molecule has 1 aromatic heterocycles. The maximum atomic E-state index is 12.5. The molecule has 0 saturated heterocycles. The van der Waals surface area contributed by atoms with Gasteiger partial charge in [0.05, 0.1) is 14.2 Å². The van der Waals surface area contributed by atoms with Crippen molar-refractivity contribution in [1.29, 1.82) is 0 Å². The second-order valence-corrected chi connectivity index (χ2v) is 5.58. The van der Waals surface area contributed by atoms with Crippen molar-refractivity contribution >= 4 is 17.0 Å². The van der Waals surface area contributed by atoms with E-state index >= 15 is 0 Å². The smallest absolute Gasteiger partial charge is 0.258 e. The molecule has 3 aromatic rings. The number of benzene rings is 2. The third-order valence-electron chi connectivity index (χ3n) is 3.91. The Morgan fingerprint density at radius 3 is 2.56 bits per heavy atom. The van der Waals surface area contributed by atoms with Crippen LogP contribution >= 0.6 is 0 Å². The fraction of sp³-hybridized carbons (Fsp3) is 0.263. The highest BCUT2D eigenvalue weighted by atomic mass is 16.5. The van der Waals surface area contributed by atoms with Gasteiger partial charge < -0.3 is 19.2 Å². The van der Waals surface area contributed by atoms with Crippen molar-refractivity contribution in [1.82, 2.24) is 10.3 Å². The summed E-state index contributed by atoms with van der Waals surface area (Å²) in [7, 11) is 3.06. The largest absolute Gasteiger partial charge is 0.496 e. The molecule has 0 aliphatic carbocycles. The molecule has 1 heterocycles. The number of rotatable bonds is 6. The normalized spacial score (nSPS) is 10.7. The number of ether oxygens (including phenoxy) is 2. The first-order valence-corrected chi connectivity index (χ1v) is 7.97. The number of carbonyl (C=O) groups excluding carboxylic acids is 1. The number of amides is 1. The number of fused-ring (bicyclic) bond motifs is 1. The van der Waals surface area contributed by atoms with E-state index in [1.54, 1.807) is 18.2 Å². The van der Waals surface area contributed by atoms with Gasteiger partial charge in [0.1, 0.15) is 22.6 Å². The lowest BCUT2D eigenvalue weighted by atomic mass is 10.1. The zero-order valence-corrected chi connectivity index (χ0v) is 14.5. The number of carbonyl (C=O) groups is 1. The molecule has 0 aliphatic heterocycles. The lowest BCUT2D eigenvalue weighted by Crippen LogP contribution is -2.26. The number of methoxy groups -OCH3 is 2. The van der Waals surface area contributed by atoms with Gasteiger partial charge in [-0.1, -0.05) is 12.1 Å². The number of hydrogen-bond donors (Lipinski definition) is 1. The predicted molar refractivity (Wildman–Crippen MR) is 94.3 cm³/mol. The van der Waals surface area contributed by atoms with E-state index in [0.717, 1.165) is 16.7 Å². The van der Waals surface area contributed by atoms with Gasteiger partial charge in [0.25, 0.3) is 5.91 Å². The molecule has 0 bridgehead atoms. The topological polar surface area (TPSA) is 73.6 Å². The first-order chi connectivity index (χ1) is 12.1. The van der Waals surface area contributed by atoms with Crippen molar-refractivity contribution in [3.8, 4) is 11.5 Å². The molecule has 0 saturated carbocycles. The number of oxazole rings is 1. The molecular formula is C19H20N2O4. The fourth-order valence-corrected chi connectivity index (χ4v) is 2.73. The minimum atomic E-state index is -0.229. The van der Waals surface area contributed by atoms with Gasteiger partial charge in [0, 0.05) is 13.5 Å². The highest BCUT2D eigenvalue weighted by Gasteiger charge is 2.17. The van der Waals surface area contributed by atoms with Crippen molar-refractivity contribution in [2.24, 2.45) is 0 Å². The van der Waals surface area contributed by atoms with Crippen LogP contribution in [-0.2, 0) is 6.42 Å². The molecule has 0 fully saturated rings. The van der Waals surface area contributed by atoms with E-state index in [-0.39, 0.29) is 5.91 Å². The summed E-state index contributed by atoms with van der Waals surface area (Å²) in [6, 6.07) is 11.1. The molecular weight excluding hydrogens is 320 g/mol. The van der Waals surface area contributed by atoms with Gasteiger partial charge in [-0.05, 0) is 36.2 Å². The monoisotopic (exact) mass is 340 g/mol. The van der Waals surface area contributed by atoms with Gasteiger partial charge in [-0.3, -0.25) is 4.79 Å². The van der Waals surface area contributed by atoms with Crippen LogP contribution in [0.2, 0.25) is 0 Å². The van der Waals surface area contributed by atoms with Crippen LogP contribution in [0.4, 0.5) is 0 Å². The van der Waals surface area contributed by atoms with Crippen LogP contribution in [0.5, 0.6) is 11.5 Å². The van der Waals surface area contributed by atoms with Crippen molar-refractivity contribution in [3.63, 3.8) is 0 Å². The average Bonchev–Trinajstić information content (AvgIpc) is 3.00. The third-order valence-corrected chi connectivity index (χ3v) is 3.91. The SMILES string of the molecule is COc1cccc(OC)c1C(=O)NCCc1ccc2oc(C)nc2c1. The summed E-state index contributed by atoms with van der Waals surface area (Å²) in [6.07, 6.45) is 0.686. The highest BCUT2D eigenvalue weighted by molar-refractivity contribution is 5.99. The van der Waals surface area contributed by atoms with Crippen LogP contribution in [0.1, 0.15) is 21.8 Å². The predicted octanol–water partition coefficient (Wildman–Crippen LogP) is 3.13. The summed E-state index contributed by atoms with van der Waals surface area (Å²) < 4.78 is 16.0. The van der Waals surface area contributed by atoms with Crippen LogP contribution in [0.3, 0.4) is 0 Å². The van der Waals surface area contributed by atoms with E-state index in [1.165, 1.54) is 14.2 Å². The molecule has 6 heteroatoms. The Hall–Kier alpha value is -3.02. The summed E-state index contributed by atoms with van der Waals surface area (Å²) in [5.74, 6) is 1.38. The van der Waals surface area contributed by atoms with Crippen molar-refractivity contribution in [2.75, 3.05) is 20.8 Å². The molecule has 3 rings (SSSR count). The molecule has 6 nitrogen and oxygen atoms in total. The third kappa shape index (κ3) is 3.57. The Morgan fingerprint density at radius 1 is 1.16 bits per heavy atom. The standard InChI is InChI=1S/C19H20N2O4/c1-12-21-14-11-13(7-8-15(14)25-12)9-10-20-19(22)18-16(23-2)5-4-6-17(18)24-3/h4-8,11H,9-10H2,1-3H3,(H,20,22). The van der Waals surface area contributed by atoms with E-state index in [0.29, 0.717) is 35.9 Å². The number of aromatic nitrogens is 1. The second kappa shape index (κ2) is 7.25. The van der Waals surface area contributed by atoms with Gasteiger partial charge in [0.15, 0.2) is 11.5 Å². The number of aryl methyl sites for hydroxylation is 1. The number of nitrogens with one attached hydrogen (secondary N) is 1. The molecule has 1 amide bonds. The second-order valence-electron chi connectivity index (χ2n) is 5.58. The zero-order chi connectivity index (χ0) is 17.8. The summed E-state index contributed by atoms with van der Waals surface area (Å²) in [5.41, 5.74) is 3.07. The molecule has 2 aromatic carbocycles. The number of nitrogens with zero attached hydrogens (tertiary/aromatic N) is 1. The zero-order valence-electron chi connectivity index (χ0n) is 14.5. The minimum absolute atomic E-state index is 0.229. The Balaban J connectivity index is 1.68. The summed E-state index contributed by atoms with van der Waals surface area (Å²) in [4.78, 5) is 16.8. The minimum Gasteiger partial charge on any atom is -0.496 e. The average molecular weight is 340 g/mol. The van der Waals surface area contributed by atoms with Crippen LogP contribution in [0.15, 0.2) is 40.8 Å². The molecule has 130 valence electrons. The quantitative estimate of drug-likeness (QED) is 0.746. The van der Waals surface area contributed by atoms with E-state index in [1.807, 2.05) is 25.1 Å². The molecule has 25 heavy (non-hydrogen) atoms. The maximum absolute atomic E-state index is 12.5. The van der Waals surface area contributed by atoms with Crippen molar-refractivity contribution in [3.05, 3.63) is 53.4 Å². The van der Waals surface area contributed by atoms with Gasteiger partial charge >= 0.3 is 0 Å². The van der Waals surface area contributed by atoms with Gasteiger partial charge in [-0.2, -0.15) is 0 Å². The number of hydrogen-bond acceptors (Lipinski definition) is 5. The van der Waals surface area contributed by atoms with E-state index in [2.05, 4.69) is 10.3 Å². The Morgan fingerprint density at radius 2 is 1.88 bits per heavy atom. The van der Waals surface area contributed by atoms with Crippen LogP contribution in [0.25, 0.3) is 11.1 Å². The summed E-state index contributed by atoms with van der Waals surface area (Å²) in [5, 5.41) is 2.91. The molecule has 1 N–H and O–H groups in total. The Labute approximate surface area is 145 Å². The summed E-state index contributed by atoms with van der Waals surface area (Å²) >= 11 is 0. The van der Waals surface area contributed by atoms with Crippen LogP contribution in [0, 0.1) is 6.92 Å². The molecule has 0 unspecified atom stereocenters. The maximum Gasteiger partial charge on any atom is 0.258 e. The Bertz CT molecular complexity index is 879.